The second-order valence-electron chi connectivity index (χ2n) is 10.8. The molecule has 2 fully saturated rings. The van der Waals surface area contributed by atoms with Crippen LogP contribution in [-0.2, 0) is 19.1 Å². The molecular formula is C29H36ClN3O5. The number of carbonyl (C=O) groups excluding carboxylic acids is 3. The number of rotatable bonds is 8. The third-order valence-electron chi connectivity index (χ3n) is 8.33. The van der Waals surface area contributed by atoms with Crippen LogP contribution in [0.4, 0.5) is 5.69 Å². The van der Waals surface area contributed by atoms with E-state index in [9.17, 15) is 19.5 Å². The number of para-hydroxylation sites is 1. The maximum absolute atomic E-state index is 14.4. The maximum atomic E-state index is 14.4. The van der Waals surface area contributed by atoms with Gasteiger partial charge in [0.2, 0.25) is 11.8 Å². The molecule has 0 bridgehead atoms. The summed E-state index contributed by atoms with van der Waals surface area (Å²) >= 11 is 6.50. The number of amides is 3. The van der Waals surface area contributed by atoms with Crippen LogP contribution >= 0.6 is 11.6 Å². The zero-order valence-electron chi connectivity index (χ0n) is 22.0. The van der Waals surface area contributed by atoms with Gasteiger partial charge in [-0.2, -0.15) is 0 Å². The van der Waals surface area contributed by atoms with Gasteiger partial charge in [0.15, 0.2) is 0 Å². The number of likely N-dealkylation sites (tertiary alicyclic amines) is 1. The molecule has 3 amide bonds. The van der Waals surface area contributed by atoms with E-state index in [0.717, 1.165) is 12.8 Å². The molecule has 1 aromatic carbocycles. The molecule has 9 heteroatoms. The van der Waals surface area contributed by atoms with Crippen molar-refractivity contribution in [2.24, 2.45) is 11.8 Å². The van der Waals surface area contributed by atoms with Gasteiger partial charge in [-0.25, -0.2) is 0 Å². The third-order valence-corrected chi connectivity index (χ3v) is 8.65. The fourth-order valence-corrected chi connectivity index (χ4v) is 6.98. The lowest BCUT2D eigenvalue weighted by molar-refractivity contribution is -0.148. The minimum absolute atomic E-state index is 0.0729. The van der Waals surface area contributed by atoms with E-state index in [-0.39, 0.29) is 30.9 Å². The molecule has 1 spiro atoms. The van der Waals surface area contributed by atoms with Crippen molar-refractivity contribution in [1.29, 1.82) is 0 Å². The topological polar surface area (TPSA) is 90.4 Å². The molecule has 2 saturated heterocycles. The largest absolute Gasteiger partial charge is 0.396 e. The fourth-order valence-electron chi connectivity index (χ4n) is 6.74. The predicted octanol–water partition coefficient (Wildman–Crippen LogP) is 3.18. The van der Waals surface area contributed by atoms with Gasteiger partial charge in [0.1, 0.15) is 11.6 Å². The molecule has 38 heavy (non-hydrogen) atoms. The quantitative estimate of drug-likeness (QED) is 0.403. The Hall–Kier alpha value is -2.68. The van der Waals surface area contributed by atoms with Crippen LogP contribution in [0.15, 0.2) is 48.6 Å². The average Bonchev–Trinajstić information content (AvgIpc) is 3.16. The summed E-state index contributed by atoms with van der Waals surface area (Å²) in [5.74, 6) is -2.18. The van der Waals surface area contributed by atoms with E-state index in [2.05, 4.69) is 0 Å². The summed E-state index contributed by atoms with van der Waals surface area (Å²) in [6.45, 7) is 5.63. The molecule has 4 aliphatic heterocycles. The summed E-state index contributed by atoms with van der Waals surface area (Å²) in [4.78, 5) is 47.6. The van der Waals surface area contributed by atoms with Crippen LogP contribution in [0.3, 0.4) is 0 Å². The minimum atomic E-state index is -1.28. The highest BCUT2D eigenvalue weighted by atomic mass is 35.5. The molecule has 0 radical (unpaired) electrons. The summed E-state index contributed by atoms with van der Waals surface area (Å²) in [7, 11) is 0. The highest BCUT2D eigenvalue weighted by Gasteiger charge is 2.74. The smallest absolute Gasteiger partial charge is 0.253 e. The van der Waals surface area contributed by atoms with Crippen molar-refractivity contribution in [3.05, 3.63) is 53.6 Å². The Bertz CT molecular complexity index is 1170. The molecule has 204 valence electrons. The zero-order valence-corrected chi connectivity index (χ0v) is 22.8. The molecule has 8 nitrogen and oxygen atoms in total. The van der Waals surface area contributed by atoms with E-state index in [1.807, 2.05) is 50.3 Å². The molecule has 0 aliphatic carbocycles. The molecule has 0 aromatic heterocycles. The summed E-state index contributed by atoms with van der Waals surface area (Å²) in [6.07, 6.45) is 10.3. The number of anilines is 1. The maximum Gasteiger partial charge on any atom is 0.253 e. The molecule has 4 aliphatic rings. The Morgan fingerprint density at radius 3 is 2.47 bits per heavy atom. The van der Waals surface area contributed by atoms with Gasteiger partial charge in [-0.1, -0.05) is 55.0 Å². The van der Waals surface area contributed by atoms with E-state index in [1.165, 1.54) is 0 Å². The molecule has 1 aromatic rings. The van der Waals surface area contributed by atoms with Gasteiger partial charge in [0.25, 0.3) is 5.91 Å². The van der Waals surface area contributed by atoms with Crippen LogP contribution in [0.25, 0.3) is 0 Å². The number of nitrogens with zero attached hydrogens (tertiary/aromatic N) is 3. The molecule has 5 atom stereocenters. The minimum Gasteiger partial charge on any atom is -0.396 e. The first-order valence-electron chi connectivity index (χ1n) is 13.6. The van der Waals surface area contributed by atoms with Crippen molar-refractivity contribution in [3.8, 4) is 0 Å². The number of aliphatic hydroxyl groups excluding tert-OH is 1. The number of benzene rings is 1. The number of carbonyl (C=O) groups is 3. The Balaban J connectivity index is 1.60. The monoisotopic (exact) mass is 541 g/mol. The molecule has 1 N–H and O–H groups in total. The summed E-state index contributed by atoms with van der Waals surface area (Å²) < 4.78 is 6.83. The number of aliphatic hydroxyl groups is 1. The standard InChI is InChI=1S/C29H36ClN3O5/c1-3-15-31-16-9-13-28(2)22(25(31)35)23-26(36)33(17-7-4-8-19-34)24-27(37)32(18-10-14-29(23,24)38-28)21-12-6-5-11-20(21)30/h5-6,9-14,22-24,34H,3-4,7-8,15-19H2,1-2H3/t22-,23-,24?,28+,29-/m0/s1. The number of hydrogen-bond acceptors (Lipinski definition) is 5. The molecule has 1 unspecified atom stereocenters. The van der Waals surface area contributed by atoms with Gasteiger partial charge in [0.05, 0.1) is 28.1 Å². The van der Waals surface area contributed by atoms with Crippen LogP contribution < -0.4 is 4.90 Å². The fraction of sp³-hybridized carbons (Fsp3) is 0.552. The van der Waals surface area contributed by atoms with Crippen LogP contribution in [0.1, 0.15) is 39.5 Å². The lowest BCUT2D eigenvalue weighted by Gasteiger charge is -2.37. The Morgan fingerprint density at radius 2 is 1.74 bits per heavy atom. The Kier molecular flexibility index (Phi) is 7.42. The number of halogens is 1. The van der Waals surface area contributed by atoms with E-state index in [4.69, 9.17) is 16.3 Å². The highest BCUT2D eigenvalue weighted by Crippen LogP contribution is 2.57. The first kappa shape index (κ1) is 26.9. The summed E-state index contributed by atoms with van der Waals surface area (Å²) in [5.41, 5.74) is -1.73. The Labute approximate surface area is 228 Å². The van der Waals surface area contributed by atoms with Crippen molar-refractivity contribution in [3.63, 3.8) is 0 Å². The predicted molar refractivity (Wildman–Crippen MR) is 145 cm³/mol. The van der Waals surface area contributed by atoms with E-state index in [0.29, 0.717) is 43.2 Å². The van der Waals surface area contributed by atoms with Crippen LogP contribution in [0.5, 0.6) is 0 Å². The molecule has 5 rings (SSSR count). The van der Waals surface area contributed by atoms with Crippen molar-refractivity contribution in [2.45, 2.75) is 56.8 Å². The normalized spacial score (nSPS) is 32.4. The molecular weight excluding hydrogens is 506 g/mol. The van der Waals surface area contributed by atoms with E-state index >= 15 is 0 Å². The SMILES string of the molecule is CCCN1CC=C[C@@]2(C)O[C@]34C=CCN(c5ccccc5Cl)C(=O)C3N(CCCCCO)C(=O)[C@@H]4[C@H]2C1=O. The van der Waals surface area contributed by atoms with Gasteiger partial charge in [0, 0.05) is 32.8 Å². The van der Waals surface area contributed by atoms with Crippen molar-refractivity contribution >= 4 is 35.0 Å². The Morgan fingerprint density at radius 1 is 0.974 bits per heavy atom. The number of hydrogen-bond donors (Lipinski definition) is 1. The van der Waals surface area contributed by atoms with Gasteiger partial charge >= 0.3 is 0 Å². The average molecular weight is 542 g/mol. The van der Waals surface area contributed by atoms with Crippen molar-refractivity contribution in [1.82, 2.24) is 9.80 Å². The molecule has 4 heterocycles. The highest BCUT2D eigenvalue weighted by molar-refractivity contribution is 6.34. The van der Waals surface area contributed by atoms with Gasteiger partial charge in [-0.05, 0) is 44.7 Å². The summed E-state index contributed by atoms with van der Waals surface area (Å²) in [5, 5.41) is 9.69. The van der Waals surface area contributed by atoms with Crippen molar-refractivity contribution in [2.75, 3.05) is 37.7 Å². The number of fused-ring (bicyclic) bond motifs is 2. The number of ether oxygens (including phenoxy) is 1. The zero-order chi connectivity index (χ0) is 27.1. The lowest BCUT2D eigenvalue weighted by Crippen LogP contribution is -2.56. The third kappa shape index (κ3) is 4.17. The van der Waals surface area contributed by atoms with E-state index < -0.39 is 29.1 Å². The number of unbranched alkanes of at least 4 members (excludes halogenated alkanes) is 2. The molecule has 0 saturated carbocycles. The van der Waals surface area contributed by atoms with Crippen LogP contribution in [0, 0.1) is 11.8 Å². The van der Waals surface area contributed by atoms with Gasteiger partial charge < -0.3 is 24.5 Å². The van der Waals surface area contributed by atoms with Crippen LogP contribution in [0.2, 0.25) is 5.02 Å². The lowest BCUT2D eigenvalue weighted by atomic mass is 9.74. The first-order chi connectivity index (χ1) is 18.3. The second-order valence-corrected chi connectivity index (χ2v) is 11.2. The van der Waals surface area contributed by atoms with Crippen molar-refractivity contribution < 1.29 is 24.2 Å². The van der Waals surface area contributed by atoms with Gasteiger partial charge in [-0.15, -0.1) is 0 Å². The second kappa shape index (κ2) is 10.5. The first-order valence-corrected chi connectivity index (χ1v) is 14.0. The van der Waals surface area contributed by atoms with Crippen LogP contribution in [-0.4, -0.2) is 82.7 Å². The van der Waals surface area contributed by atoms with Gasteiger partial charge in [-0.3, -0.25) is 14.4 Å². The summed E-state index contributed by atoms with van der Waals surface area (Å²) in [6, 6.07) is 6.23. The van der Waals surface area contributed by atoms with E-state index in [1.54, 1.807) is 26.8 Å².